The molecule has 10 rings (SSSR count). The molecule has 1 aliphatic rings. The number of hydrogen-bond acceptors (Lipinski definition) is 4. The number of allylic oxidation sites excluding steroid dienone is 3. The van der Waals surface area contributed by atoms with Crippen molar-refractivity contribution in [2.75, 3.05) is 9.80 Å². The summed E-state index contributed by atoms with van der Waals surface area (Å²) in [4.78, 5) is 4.74. The first-order valence-corrected chi connectivity index (χ1v) is 19.5. The summed E-state index contributed by atoms with van der Waals surface area (Å²) in [6.07, 6.45) is 9.06. The molecule has 0 aliphatic heterocycles. The molecule has 0 fully saturated rings. The Morgan fingerprint density at radius 3 is 1.25 bits per heavy atom. The predicted molar refractivity (Wildman–Crippen MR) is 227 cm³/mol. The number of nitrogens with zero attached hydrogens (tertiary/aromatic N) is 2. The van der Waals surface area contributed by atoms with Gasteiger partial charge in [0.2, 0.25) is 0 Å². The van der Waals surface area contributed by atoms with Crippen LogP contribution >= 0.6 is 22.7 Å². The zero-order chi connectivity index (χ0) is 34.4. The van der Waals surface area contributed by atoms with Crippen LogP contribution in [-0.2, 0) is 0 Å². The van der Waals surface area contributed by atoms with Crippen LogP contribution in [0.15, 0.2) is 188 Å². The standard InChI is InChI=1S/C48H34N2S2/c1-5-13-35(14-6-1)49(36-15-7-2-8-16-36)39-23-27-47-43(31-39)41-29-33(21-25-45(41)51-47)34-22-26-46-42(30-34)44-32-40(24-28-48(44)52-46)50(37-17-9-3-10-18-37)38-19-11-4-12-20-38/h1-3,5-11,13-32H,4,12H2. The third kappa shape index (κ3) is 5.48. The molecule has 0 N–H and O–H groups in total. The summed E-state index contributed by atoms with van der Waals surface area (Å²) in [5.41, 5.74) is 9.51. The molecule has 0 unspecified atom stereocenters. The maximum atomic E-state index is 2.40. The third-order valence-corrected chi connectivity index (χ3v) is 12.3. The topological polar surface area (TPSA) is 6.48 Å². The fourth-order valence-corrected chi connectivity index (χ4v) is 9.69. The molecular formula is C48H34N2S2. The van der Waals surface area contributed by atoms with Crippen LogP contribution in [-0.4, -0.2) is 0 Å². The lowest BCUT2D eigenvalue weighted by Crippen LogP contribution is -2.15. The Morgan fingerprint density at radius 2 is 0.788 bits per heavy atom. The minimum absolute atomic E-state index is 1.06. The van der Waals surface area contributed by atoms with Crippen molar-refractivity contribution in [1.82, 2.24) is 0 Å². The van der Waals surface area contributed by atoms with Gasteiger partial charge in [0.05, 0.1) is 0 Å². The zero-order valence-electron chi connectivity index (χ0n) is 28.4. The number of fused-ring (bicyclic) bond motifs is 6. The van der Waals surface area contributed by atoms with Gasteiger partial charge in [0.25, 0.3) is 0 Å². The number of thiophene rings is 2. The molecule has 2 nitrogen and oxygen atoms in total. The Kier molecular flexibility index (Phi) is 7.71. The van der Waals surface area contributed by atoms with E-state index in [4.69, 9.17) is 0 Å². The Bertz CT molecular complexity index is 2750. The molecule has 52 heavy (non-hydrogen) atoms. The summed E-state index contributed by atoms with van der Waals surface area (Å²) in [5, 5.41) is 5.19. The molecule has 248 valence electrons. The van der Waals surface area contributed by atoms with E-state index in [0.29, 0.717) is 0 Å². The highest BCUT2D eigenvalue weighted by molar-refractivity contribution is 7.26. The number of para-hydroxylation sites is 3. The van der Waals surface area contributed by atoms with Gasteiger partial charge < -0.3 is 9.80 Å². The quantitative estimate of drug-likeness (QED) is 0.163. The Morgan fingerprint density at radius 1 is 0.365 bits per heavy atom. The minimum atomic E-state index is 1.06. The van der Waals surface area contributed by atoms with Crippen molar-refractivity contribution in [1.29, 1.82) is 0 Å². The Labute approximate surface area is 311 Å². The highest BCUT2D eigenvalue weighted by Gasteiger charge is 2.18. The monoisotopic (exact) mass is 702 g/mol. The highest BCUT2D eigenvalue weighted by atomic mass is 32.1. The maximum absolute atomic E-state index is 2.40. The summed E-state index contributed by atoms with van der Waals surface area (Å²) in [6, 6.07) is 59.9. The normalized spacial score (nSPS) is 12.9. The van der Waals surface area contributed by atoms with Gasteiger partial charge in [-0.3, -0.25) is 0 Å². The summed E-state index contributed by atoms with van der Waals surface area (Å²) in [7, 11) is 0. The van der Waals surface area contributed by atoms with Crippen molar-refractivity contribution in [3.8, 4) is 11.1 Å². The van der Waals surface area contributed by atoms with E-state index >= 15 is 0 Å². The van der Waals surface area contributed by atoms with Crippen molar-refractivity contribution in [2.24, 2.45) is 0 Å². The lowest BCUT2D eigenvalue weighted by atomic mass is 10.0. The molecule has 2 aromatic heterocycles. The average molecular weight is 703 g/mol. The zero-order valence-corrected chi connectivity index (χ0v) is 30.1. The number of anilines is 5. The molecule has 0 spiro atoms. The minimum Gasteiger partial charge on any atom is -0.311 e. The summed E-state index contributed by atoms with van der Waals surface area (Å²) >= 11 is 3.74. The lowest BCUT2D eigenvalue weighted by molar-refractivity contribution is 0.997. The second kappa shape index (κ2) is 13.0. The molecule has 4 heteroatoms. The maximum Gasteiger partial charge on any atom is 0.0468 e. The second-order valence-electron chi connectivity index (χ2n) is 13.3. The molecule has 0 bridgehead atoms. The average Bonchev–Trinajstić information content (AvgIpc) is 3.77. The lowest BCUT2D eigenvalue weighted by Gasteiger charge is -2.27. The Balaban J connectivity index is 1.08. The van der Waals surface area contributed by atoms with Gasteiger partial charge in [-0.2, -0.15) is 0 Å². The van der Waals surface area contributed by atoms with E-state index in [-0.39, 0.29) is 0 Å². The van der Waals surface area contributed by atoms with Gasteiger partial charge in [0, 0.05) is 74.5 Å². The van der Waals surface area contributed by atoms with E-state index < -0.39 is 0 Å². The largest absolute Gasteiger partial charge is 0.311 e. The molecule has 0 amide bonds. The second-order valence-corrected chi connectivity index (χ2v) is 15.4. The number of hydrogen-bond donors (Lipinski definition) is 0. The molecule has 0 saturated heterocycles. The van der Waals surface area contributed by atoms with Crippen molar-refractivity contribution in [2.45, 2.75) is 12.8 Å². The van der Waals surface area contributed by atoms with E-state index in [9.17, 15) is 0 Å². The predicted octanol–water partition coefficient (Wildman–Crippen LogP) is 14.9. The molecule has 2 heterocycles. The first-order valence-electron chi connectivity index (χ1n) is 17.8. The molecular weight excluding hydrogens is 669 g/mol. The van der Waals surface area contributed by atoms with E-state index in [1.54, 1.807) is 0 Å². The molecule has 1 aliphatic carbocycles. The highest BCUT2D eigenvalue weighted by Crippen LogP contribution is 2.44. The first kappa shape index (κ1) is 30.8. The number of benzene rings is 7. The smallest absolute Gasteiger partial charge is 0.0468 e. The van der Waals surface area contributed by atoms with Crippen molar-refractivity contribution in [3.63, 3.8) is 0 Å². The van der Waals surface area contributed by atoms with Gasteiger partial charge in [-0.15, -0.1) is 22.7 Å². The summed E-state index contributed by atoms with van der Waals surface area (Å²) < 4.78 is 5.23. The van der Waals surface area contributed by atoms with Gasteiger partial charge in [-0.05, 0) is 127 Å². The molecule has 0 atom stereocenters. The van der Waals surface area contributed by atoms with Gasteiger partial charge in [0.15, 0.2) is 0 Å². The molecule has 9 aromatic rings. The molecule has 0 saturated carbocycles. The van der Waals surface area contributed by atoms with E-state index in [1.165, 1.54) is 68.5 Å². The SMILES string of the molecule is C1=CC(N(c2ccccc2)c2ccc3sc4ccc(-c5ccc6sc7ccc(N(c8ccccc8)c8ccccc8)cc7c6c5)cc4c3c2)=CCC1. The van der Waals surface area contributed by atoms with Crippen molar-refractivity contribution < 1.29 is 0 Å². The van der Waals surface area contributed by atoms with Crippen LogP contribution in [0.1, 0.15) is 12.8 Å². The van der Waals surface area contributed by atoms with Crippen molar-refractivity contribution in [3.05, 3.63) is 188 Å². The van der Waals surface area contributed by atoms with Gasteiger partial charge in [0.1, 0.15) is 0 Å². The van der Waals surface area contributed by atoms with Gasteiger partial charge in [-0.1, -0.05) is 78.9 Å². The van der Waals surface area contributed by atoms with Crippen LogP contribution in [0.3, 0.4) is 0 Å². The fraction of sp³-hybridized carbons (Fsp3) is 0.0417. The number of rotatable bonds is 7. The van der Waals surface area contributed by atoms with Crippen LogP contribution in [0.2, 0.25) is 0 Å². The van der Waals surface area contributed by atoms with Gasteiger partial charge in [-0.25, -0.2) is 0 Å². The van der Waals surface area contributed by atoms with Crippen LogP contribution in [0.4, 0.5) is 28.4 Å². The first-order chi connectivity index (χ1) is 25.8. The summed E-state index contributed by atoms with van der Waals surface area (Å²) in [5.74, 6) is 0. The third-order valence-electron chi connectivity index (χ3n) is 10.0. The van der Waals surface area contributed by atoms with Gasteiger partial charge >= 0.3 is 0 Å². The molecule has 7 aromatic carbocycles. The van der Waals surface area contributed by atoms with Crippen LogP contribution in [0.5, 0.6) is 0 Å². The van der Waals surface area contributed by atoms with Crippen LogP contribution in [0, 0.1) is 0 Å². The summed E-state index contributed by atoms with van der Waals surface area (Å²) in [6.45, 7) is 0. The van der Waals surface area contributed by atoms with E-state index in [0.717, 1.165) is 29.9 Å². The molecule has 0 radical (unpaired) electrons. The Hall–Kier alpha value is -5.94. The van der Waals surface area contributed by atoms with Crippen molar-refractivity contribution >= 4 is 91.5 Å². The fourth-order valence-electron chi connectivity index (χ4n) is 7.56. The van der Waals surface area contributed by atoms with Crippen LogP contribution in [0.25, 0.3) is 51.5 Å². The van der Waals surface area contributed by atoms with Crippen LogP contribution < -0.4 is 9.80 Å². The van der Waals surface area contributed by atoms with E-state index in [1.807, 2.05) is 22.7 Å². The van der Waals surface area contributed by atoms with E-state index in [2.05, 4.69) is 192 Å².